The summed E-state index contributed by atoms with van der Waals surface area (Å²) in [5.74, 6) is -0.363. The fourth-order valence-corrected chi connectivity index (χ4v) is 2.86. The van der Waals surface area contributed by atoms with Gasteiger partial charge in [-0.05, 0) is 17.9 Å². The maximum absolute atomic E-state index is 13.7. The molecule has 1 unspecified atom stereocenters. The zero-order chi connectivity index (χ0) is 15.0. The Morgan fingerprint density at radius 2 is 2.24 bits per heavy atom. The van der Waals surface area contributed by atoms with E-state index >= 15 is 0 Å². The lowest BCUT2D eigenvalue weighted by Crippen LogP contribution is -2.10. The minimum Gasteiger partial charge on any atom is -0.358 e. The second-order valence-corrected chi connectivity index (χ2v) is 5.36. The first kappa shape index (κ1) is 13.5. The van der Waals surface area contributed by atoms with Crippen LogP contribution in [0.25, 0.3) is 4.96 Å². The van der Waals surface area contributed by atoms with Crippen LogP contribution in [-0.2, 0) is 0 Å². The molecule has 108 valence electrons. The van der Waals surface area contributed by atoms with Crippen molar-refractivity contribution in [1.82, 2.24) is 9.38 Å². The van der Waals surface area contributed by atoms with Crippen LogP contribution in [0, 0.1) is 15.9 Å². The standard InChI is InChI=1S/C13H11FN4O2S/c1-8(9-4-2-3-5-10(9)14)15-11-12(18(19)20)17-6-7-21-13(17)16-11/h2-8,15H,1H3. The van der Waals surface area contributed by atoms with E-state index in [-0.39, 0.29) is 17.5 Å². The Labute approximate surface area is 123 Å². The minimum absolute atomic E-state index is 0.141. The highest BCUT2D eigenvalue weighted by molar-refractivity contribution is 7.15. The minimum atomic E-state index is -0.497. The van der Waals surface area contributed by atoms with Gasteiger partial charge in [0.2, 0.25) is 5.82 Å². The van der Waals surface area contributed by atoms with Gasteiger partial charge in [0.25, 0.3) is 4.96 Å². The molecular weight excluding hydrogens is 295 g/mol. The average Bonchev–Trinajstić information content (AvgIpc) is 2.98. The Morgan fingerprint density at radius 1 is 1.48 bits per heavy atom. The first-order valence-corrected chi connectivity index (χ1v) is 7.07. The number of rotatable bonds is 4. The van der Waals surface area contributed by atoms with Gasteiger partial charge in [0.05, 0.1) is 6.04 Å². The normalized spacial score (nSPS) is 12.5. The van der Waals surface area contributed by atoms with Crippen molar-refractivity contribution >= 4 is 27.9 Å². The van der Waals surface area contributed by atoms with Crippen molar-refractivity contribution in [3.05, 3.63) is 57.3 Å². The van der Waals surface area contributed by atoms with Crippen LogP contribution in [-0.4, -0.2) is 14.3 Å². The molecule has 0 saturated heterocycles. The topological polar surface area (TPSA) is 72.5 Å². The quantitative estimate of drug-likeness (QED) is 0.590. The van der Waals surface area contributed by atoms with Gasteiger partial charge in [-0.25, -0.2) is 4.39 Å². The molecule has 3 aromatic rings. The Bertz CT molecular complexity index is 813. The average molecular weight is 306 g/mol. The number of halogens is 1. The maximum atomic E-state index is 13.7. The number of thiazole rings is 1. The summed E-state index contributed by atoms with van der Waals surface area (Å²) in [6.45, 7) is 1.73. The van der Waals surface area contributed by atoms with Gasteiger partial charge in [-0.15, -0.1) is 0 Å². The van der Waals surface area contributed by atoms with Crippen LogP contribution in [0.4, 0.5) is 16.0 Å². The fourth-order valence-electron chi connectivity index (χ4n) is 2.15. The summed E-state index contributed by atoms with van der Waals surface area (Å²) in [6, 6.07) is 5.87. The zero-order valence-electron chi connectivity index (χ0n) is 11.0. The smallest absolute Gasteiger partial charge is 0.358 e. The number of aromatic nitrogens is 2. The molecule has 0 radical (unpaired) electrons. The Morgan fingerprint density at radius 3 is 2.95 bits per heavy atom. The third-order valence-corrected chi connectivity index (χ3v) is 3.89. The van der Waals surface area contributed by atoms with Gasteiger partial charge in [0.1, 0.15) is 12.0 Å². The van der Waals surface area contributed by atoms with Crippen molar-refractivity contribution in [1.29, 1.82) is 0 Å². The molecule has 0 fully saturated rings. The van der Waals surface area contributed by atoms with E-state index in [0.717, 1.165) is 0 Å². The van der Waals surface area contributed by atoms with E-state index in [9.17, 15) is 14.5 Å². The lowest BCUT2D eigenvalue weighted by molar-refractivity contribution is -0.389. The molecule has 0 spiro atoms. The fraction of sp³-hybridized carbons (Fsp3) is 0.154. The van der Waals surface area contributed by atoms with Crippen molar-refractivity contribution < 1.29 is 9.31 Å². The number of nitrogens with one attached hydrogen (secondary N) is 1. The summed E-state index contributed by atoms with van der Waals surface area (Å²) in [4.78, 5) is 15.4. The van der Waals surface area contributed by atoms with Crippen LogP contribution in [0.15, 0.2) is 35.8 Å². The van der Waals surface area contributed by atoms with Crippen molar-refractivity contribution in [2.24, 2.45) is 0 Å². The predicted octanol–water partition coefficient (Wildman–Crippen LogP) is 3.62. The van der Waals surface area contributed by atoms with Crippen LogP contribution < -0.4 is 5.32 Å². The molecule has 8 heteroatoms. The molecule has 0 aliphatic carbocycles. The molecule has 1 N–H and O–H groups in total. The summed E-state index contributed by atoms with van der Waals surface area (Å²) >= 11 is 1.30. The van der Waals surface area contributed by atoms with Crippen molar-refractivity contribution in [3.63, 3.8) is 0 Å². The van der Waals surface area contributed by atoms with Crippen LogP contribution >= 0.6 is 11.3 Å². The summed E-state index contributed by atoms with van der Waals surface area (Å²) < 4.78 is 15.2. The van der Waals surface area contributed by atoms with Crippen LogP contribution in [0.5, 0.6) is 0 Å². The number of nitrogens with zero attached hydrogens (tertiary/aromatic N) is 3. The Balaban J connectivity index is 1.98. The van der Waals surface area contributed by atoms with Gasteiger partial charge in [-0.1, -0.05) is 29.5 Å². The molecule has 1 aromatic carbocycles. The lowest BCUT2D eigenvalue weighted by Gasteiger charge is -2.14. The van der Waals surface area contributed by atoms with E-state index < -0.39 is 11.0 Å². The molecule has 2 heterocycles. The molecule has 21 heavy (non-hydrogen) atoms. The first-order valence-electron chi connectivity index (χ1n) is 6.19. The zero-order valence-corrected chi connectivity index (χ0v) is 11.8. The molecule has 6 nitrogen and oxygen atoms in total. The second kappa shape index (κ2) is 5.13. The number of hydrogen-bond donors (Lipinski definition) is 1. The Kier molecular flexibility index (Phi) is 3.30. The number of fused-ring (bicyclic) bond motifs is 1. The molecular formula is C13H11FN4O2S. The van der Waals surface area contributed by atoms with E-state index in [4.69, 9.17) is 0 Å². The van der Waals surface area contributed by atoms with E-state index in [1.807, 2.05) is 0 Å². The summed E-state index contributed by atoms with van der Waals surface area (Å²) in [5, 5.41) is 15.9. The van der Waals surface area contributed by atoms with Gasteiger partial charge < -0.3 is 15.4 Å². The van der Waals surface area contributed by atoms with E-state index in [0.29, 0.717) is 10.5 Å². The van der Waals surface area contributed by atoms with Crippen LogP contribution in [0.1, 0.15) is 18.5 Å². The molecule has 0 aliphatic rings. The molecule has 3 rings (SSSR count). The van der Waals surface area contributed by atoms with Gasteiger partial charge >= 0.3 is 5.82 Å². The van der Waals surface area contributed by atoms with E-state index in [2.05, 4.69) is 10.3 Å². The third kappa shape index (κ3) is 2.33. The lowest BCUT2D eigenvalue weighted by atomic mass is 10.1. The van der Waals surface area contributed by atoms with Gasteiger partial charge in [0.15, 0.2) is 0 Å². The van der Waals surface area contributed by atoms with Gasteiger partial charge in [-0.3, -0.25) is 0 Å². The second-order valence-electron chi connectivity index (χ2n) is 4.48. The summed E-state index contributed by atoms with van der Waals surface area (Å²) in [7, 11) is 0. The SMILES string of the molecule is CC(Nc1nc2sccn2c1[N+](=O)[O-])c1ccccc1F. The number of hydrogen-bond acceptors (Lipinski definition) is 5. The number of anilines is 1. The molecule has 0 aliphatic heterocycles. The van der Waals surface area contributed by atoms with Crippen LogP contribution in [0.2, 0.25) is 0 Å². The highest BCUT2D eigenvalue weighted by atomic mass is 32.1. The number of benzene rings is 1. The molecule has 0 saturated carbocycles. The van der Waals surface area contributed by atoms with Crippen LogP contribution in [0.3, 0.4) is 0 Å². The number of imidazole rings is 1. The van der Waals surface area contributed by atoms with Crippen molar-refractivity contribution in [2.75, 3.05) is 5.32 Å². The van der Waals surface area contributed by atoms with Gasteiger partial charge in [-0.2, -0.15) is 9.38 Å². The van der Waals surface area contributed by atoms with Gasteiger partial charge in [0, 0.05) is 10.9 Å². The van der Waals surface area contributed by atoms with Crippen molar-refractivity contribution in [2.45, 2.75) is 13.0 Å². The van der Waals surface area contributed by atoms with E-state index in [1.54, 1.807) is 36.7 Å². The summed E-state index contributed by atoms with van der Waals surface area (Å²) in [6.07, 6.45) is 1.59. The molecule has 0 bridgehead atoms. The molecule has 2 aromatic heterocycles. The molecule has 0 amide bonds. The predicted molar refractivity (Wildman–Crippen MR) is 78.2 cm³/mol. The van der Waals surface area contributed by atoms with Crippen molar-refractivity contribution in [3.8, 4) is 0 Å². The number of nitro groups is 1. The van der Waals surface area contributed by atoms with E-state index in [1.165, 1.54) is 21.8 Å². The largest absolute Gasteiger partial charge is 0.372 e. The first-order chi connectivity index (χ1) is 10.1. The third-order valence-electron chi connectivity index (χ3n) is 3.13. The highest BCUT2D eigenvalue weighted by Gasteiger charge is 2.25. The molecule has 1 atom stereocenters. The summed E-state index contributed by atoms with van der Waals surface area (Å²) in [5.41, 5.74) is 0.433. The Hall–Kier alpha value is -2.48. The highest BCUT2D eigenvalue weighted by Crippen LogP contribution is 2.31. The monoisotopic (exact) mass is 306 g/mol. The maximum Gasteiger partial charge on any atom is 0.372 e.